The molecule has 1 saturated heterocycles. The van der Waals surface area contributed by atoms with Crippen LogP contribution in [0.25, 0.3) is 22.0 Å². The number of rotatable bonds is 7. The van der Waals surface area contributed by atoms with Crippen LogP contribution in [0.4, 0.5) is 5.82 Å². The van der Waals surface area contributed by atoms with Crippen molar-refractivity contribution in [2.75, 3.05) is 31.1 Å². The number of pyridine rings is 1. The van der Waals surface area contributed by atoms with E-state index in [0.717, 1.165) is 72.6 Å². The smallest absolute Gasteiger partial charge is 0.140 e. The Kier molecular flexibility index (Phi) is 7.58. The molecule has 2 aromatic heterocycles. The van der Waals surface area contributed by atoms with Gasteiger partial charge in [0.1, 0.15) is 12.1 Å². The van der Waals surface area contributed by atoms with Crippen LogP contribution in [0.3, 0.4) is 0 Å². The average Bonchev–Trinajstić information content (AvgIpc) is 2.96. The summed E-state index contributed by atoms with van der Waals surface area (Å²) < 4.78 is 2.53. The number of hydrogen-bond acceptors (Lipinski definition) is 7. The Morgan fingerprint density at radius 1 is 1.00 bits per heavy atom. The van der Waals surface area contributed by atoms with Crippen LogP contribution < -0.4 is 10.2 Å². The SMILES string of the molecule is CCCNC1CCN(Sc2ccc3c(c2)CN(c2ncnc4c(C)cc(-c5cccnc5)cc24)CC3)CC1. The number of aromatic nitrogens is 3. The van der Waals surface area contributed by atoms with Crippen LogP contribution in [0, 0.1) is 6.92 Å². The fourth-order valence-corrected chi connectivity index (χ4v) is 6.72. The minimum Gasteiger partial charge on any atom is -0.351 e. The Morgan fingerprint density at radius 2 is 1.89 bits per heavy atom. The van der Waals surface area contributed by atoms with Crippen molar-refractivity contribution < 1.29 is 0 Å². The van der Waals surface area contributed by atoms with E-state index in [-0.39, 0.29) is 0 Å². The molecule has 1 fully saturated rings. The largest absolute Gasteiger partial charge is 0.351 e. The zero-order valence-electron chi connectivity index (χ0n) is 22.4. The lowest BCUT2D eigenvalue weighted by Crippen LogP contribution is -2.40. The molecule has 0 radical (unpaired) electrons. The molecular weight excluding hydrogens is 488 g/mol. The number of hydrogen-bond donors (Lipinski definition) is 1. The van der Waals surface area contributed by atoms with E-state index in [2.05, 4.69) is 74.7 Å². The number of nitrogens with one attached hydrogen (secondary N) is 1. The van der Waals surface area contributed by atoms with Gasteiger partial charge in [-0.1, -0.05) is 19.1 Å². The summed E-state index contributed by atoms with van der Waals surface area (Å²) in [7, 11) is 0. The van der Waals surface area contributed by atoms with Crippen molar-refractivity contribution in [3.63, 3.8) is 0 Å². The molecule has 6 nitrogen and oxygen atoms in total. The molecule has 0 atom stereocenters. The van der Waals surface area contributed by atoms with Crippen LogP contribution in [0.5, 0.6) is 0 Å². The van der Waals surface area contributed by atoms with Gasteiger partial charge in [-0.15, -0.1) is 0 Å². The summed E-state index contributed by atoms with van der Waals surface area (Å²) in [5.41, 5.74) is 7.32. The van der Waals surface area contributed by atoms with Gasteiger partial charge in [0.15, 0.2) is 0 Å². The predicted octanol–water partition coefficient (Wildman–Crippen LogP) is 6.03. The van der Waals surface area contributed by atoms with E-state index >= 15 is 0 Å². The Balaban J connectivity index is 1.22. The minimum absolute atomic E-state index is 0.675. The summed E-state index contributed by atoms with van der Waals surface area (Å²) in [5.74, 6) is 1.02. The van der Waals surface area contributed by atoms with E-state index in [1.165, 1.54) is 35.3 Å². The lowest BCUT2D eigenvalue weighted by atomic mass is 9.98. The van der Waals surface area contributed by atoms with Crippen LogP contribution in [0.1, 0.15) is 42.9 Å². The number of piperidine rings is 1. The molecule has 4 aromatic rings. The summed E-state index contributed by atoms with van der Waals surface area (Å²) in [6.45, 7) is 9.61. The molecule has 196 valence electrons. The van der Waals surface area contributed by atoms with Gasteiger partial charge in [-0.05, 0) is 104 Å². The lowest BCUT2D eigenvalue weighted by Gasteiger charge is -2.33. The van der Waals surface area contributed by atoms with Crippen LogP contribution in [-0.2, 0) is 13.0 Å². The van der Waals surface area contributed by atoms with Gasteiger partial charge in [-0.3, -0.25) is 4.98 Å². The summed E-state index contributed by atoms with van der Waals surface area (Å²) in [4.78, 5) is 17.5. The molecule has 1 N–H and O–H groups in total. The molecule has 0 saturated carbocycles. The minimum atomic E-state index is 0.675. The first kappa shape index (κ1) is 25.3. The van der Waals surface area contributed by atoms with E-state index in [1.54, 1.807) is 6.33 Å². The highest BCUT2D eigenvalue weighted by molar-refractivity contribution is 7.97. The lowest BCUT2D eigenvalue weighted by molar-refractivity contribution is 0.309. The molecule has 0 amide bonds. The van der Waals surface area contributed by atoms with Gasteiger partial charge in [0.25, 0.3) is 0 Å². The first-order valence-corrected chi connectivity index (χ1v) is 14.6. The normalized spacial score (nSPS) is 16.6. The topological polar surface area (TPSA) is 57.2 Å². The number of anilines is 1. The van der Waals surface area contributed by atoms with E-state index in [1.807, 2.05) is 30.4 Å². The number of aryl methyl sites for hydroxylation is 1. The highest BCUT2D eigenvalue weighted by Crippen LogP contribution is 2.35. The van der Waals surface area contributed by atoms with E-state index in [4.69, 9.17) is 4.98 Å². The molecule has 2 aromatic carbocycles. The maximum absolute atomic E-state index is 4.80. The molecule has 2 aliphatic rings. The molecule has 4 heterocycles. The first-order valence-electron chi connectivity index (χ1n) is 13.9. The maximum Gasteiger partial charge on any atom is 0.140 e. The molecule has 2 aliphatic heterocycles. The third kappa shape index (κ3) is 5.41. The fourth-order valence-electron chi connectivity index (χ4n) is 5.70. The quantitative estimate of drug-likeness (QED) is 0.296. The Labute approximate surface area is 230 Å². The average molecular weight is 525 g/mol. The number of benzene rings is 2. The summed E-state index contributed by atoms with van der Waals surface area (Å²) >= 11 is 1.92. The van der Waals surface area contributed by atoms with Crippen molar-refractivity contribution in [3.05, 3.63) is 77.9 Å². The van der Waals surface area contributed by atoms with Crippen molar-refractivity contribution in [3.8, 4) is 11.1 Å². The molecule has 7 heteroatoms. The molecule has 0 bridgehead atoms. The van der Waals surface area contributed by atoms with Gasteiger partial charge in [-0.2, -0.15) is 0 Å². The van der Waals surface area contributed by atoms with Gasteiger partial charge in [-0.25, -0.2) is 14.3 Å². The van der Waals surface area contributed by atoms with Crippen molar-refractivity contribution in [1.82, 2.24) is 24.6 Å². The summed E-state index contributed by atoms with van der Waals surface area (Å²) in [6.07, 6.45) is 10.1. The highest BCUT2D eigenvalue weighted by atomic mass is 32.2. The van der Waals surface area contributed by atoms with Crippen LogP contribution >= 0.6 is 11.9 Å². The zero-order valence-corrected chi connectivity index (χ0v) is 23.2. The monoisotopic (exact) mass is 524 g/mol. The molecule has 38 heavy (non-hydrogen) atoms. The molecule has 0 spiro atoms. The zero-order chi connectivity index (χ0) is 25.9. The second kappa shape index (κ2) is 11.4. The van der Waals surface area contributed by atoms with Gasteiger partial charge in [0.2, 0.25) is 0 Å². The van der Waals surface area contributed by atoms with E-state index in [9.17, 15) is 0 Å². The van der Waals surface area contributed by atoms with Gasteiger partial charge in [0.05, 0.1) is 5.52 Å². The predicted molar refractivity (Wildman–Crippen MR) is 157 cm³/mol. The van der Waals surface area contributed by atoms with Crippen molar-refractivity contribution >= 4 is 28.7 Å². The van der Waals surface area contributed by atoms with Crippen LogP contribution in [-0.4, -0.2) is 51.5 Å². The van der Waals surface area contributed by atoms with Gasteiger partial charge in [0, 0.05) is 60.5 Å². The molecular formula is C31H36N6S. The van der Waals surface area contributed by atoms with E-state index in [0.29, 0.717) is 6.04 Å². The third-order valence-corrected chi connectivity index (χ3v) is 8.85. The summed E-state index contributed by atoms with van der Waals surface area (Å²) in [6, 6.07) is 16.3. The Bertz CT molecular complexity index is 1400. The second-order valence-electron chi connectivity index (χ2n) is 10.5. The standard InChI is InChI=1S/C31H36N6S/c1-3-11-33-27-9-14-37(15-10-27)38-28-7-6-23-8-13-36(20-26(23)17-28)31-29-18-25(24-5-4-12-32-19-24)16-22(2)30(29)34-21-35-31/h4-7,12,16-19,21,27,33H,3,8-11,13-15,20H2,1-2H3. The number of nitrogens with zero attached hydrogens (tertiary/aromatic N) is 5. The Hall–Kier alpha value is -3.00. The highest BCUT2D eigenvalue weighted by Gasteiger charge is 2.23. The van der Waals surface area contributed by atoms with Crippen LogP contribution in [0.15, 0.2) is 66.1 Å². The first-order chi connectivity index (χ1) is 18.7. The third-order valence-electron chi connectivity index (χ3n) is 7.76. The molecule has 0 unspecified atom stereocenters. The second-order valence-corrected chi connectivity index (χ2v) is 11.6. The summed E-state index contributed by atoms with van der Waals surface area (Å²) in [5, 5.41) is 4.80. The van der Waals surface area contributed by atoms with E-state index < -0.39 is 0 Å². The molecule has 0 aliphatic carbocycles. The number of fused-ring (bicyclic) bond motifs is 2. The maximum atomic E-state index is 4.80. The Morgan fingerprint density at radius 3 is 2.71 bits per heavy atom. The molecule has 6 rings (SSSR count). The van der Waals surface area contributed by atoms with Crippen molar-refractivity contribution in [1.29, 1.82) is 0 Å². The van der Waals surface area contributed by atoms with Crippen molar-refractivity contribution in [2.45, 2.75) is 57.0 Å². The van der Waals surface area contributed by atoms with Gasteiger partial charge < -0.3 is 10.2 Å². The van der Waals surface area contributed by atoms with Crippen molar-refractivity contribution in [2.24, 2.45) is 0 Å². The fraction of sp³-hybridized carbons (Fsp3) is 0.387. The van der Waals surface area contributed by atoms with Crippen LogP contribution in [0.2, 0.25) is 0 Å². The van der Waals surface area contributed by atoms with Gasteiger partial charge >= 0.3 is 0 Å².